The van der Waals surface area contributed by atoms with E-state index in [1.807, 2.05) is 20.2 Å². The predicted molar refractivity (Wildman–Crippen MR) is 66.6 cm³/mol. The Morgan fingerprint density at radius 3 is 2.82 bits per heavy atom. The normalized spacial score (nSPS) is 18.3. The van der Waals surface area contributed by atoms with E-state index in [-0.39, 0.29) is 5.91 Å². The van der Waals surface area contributed by atoms with Crippen LogP contribution in [0.4, 0.5) is 5.69 Å². The van der Waals surface area contributed by atoms with E-state index < -0.39 is 5.54 Å². The van der Waals surface area contributed by atoms with Gasteiger partial charge < -0.3 is 11.1 Å². The van der Waals surface area contributed by atoms with Crippen molar-refractivity contribution >= 4 is 11.6 Å². The number of rotatable bonds is 3. The summed E-state index contributed by atoms with van der Waals surface area (Å²) in [5, 5.41) is 7.21. The van der Waals surface area contributed by atoms with Gasteiger partial charge in [0, 0.05) is 13.2 Å². The van der Waals surface area contributed by atoms with E-state index in [0.29, 0.717) is 0 Å². The Kier molecular flexibility index (Phi) is 3.19. The Labute approximate surface area is 101 Å². The van der Waals surface area contributed by atoms with Gasteiger partial charge in [-0.1, -0.05) is 19.8 Å². The first kappa shape index (κ1) is 12.1. The number of nitrogens with one attached hydrogen (secondary N) is 1. The monoisotopic (exact) mass is 236 g/mol. The van der Waals surface area contributed by atoms with Crippen LogP contribution in [0.15, 0.2) is 6.20 Å². The molecule has 0 atom stereocenters. The summed E-state index contributed by atoms with van der Waals surface area (Å²) >= 11 is 0. The average molecular weight is 236 g/mol. The third kappa shape index (κ3) is 2.34. The predicted octanol–water partition coefficient (Wildman–Crippen LogP) is 1.19. The second kappa shape index (κ2) is 4.49. The number of aromatic nitrogens is 2. The van der Waals surface area contributed by atoms with Gasteiger partial charge in [-0.2, -0.15) is 5.10 Å². The molecule has 1 aliphatic carbocycles. The Morgan fingerprint density at radius 2 is 2.24 bits per heavy atom. The molecule has 0 radical (unpaired) electrons. The molecule has 5 heteroatoms. The Bertz CT molecular complexity index is 418. The summed E-state index contributed by atoms with van der Waals surface area (Å²) in [5.41, 5.74) is 7.12. The van der Waals surface area contributed by atoms with Gasteiger partial charge in [0.05, 0.1) is 16.9 Å². The largest absolute Gasteiger partial charge is 0.322 e. The SMILES string of the molecule is CCc1nn(C)cc1NC(=O)C1(N)CCCC1. The maximum atomic E-state index is 12.1. The molecule has 1 amide bonds. The fraction of sp³-hybridized carbons (Fsp3) is 0.667. The number of aryl methyl sites for hydroxylation is 2. The van der Waals surface area contributed by atoms with Crippen molar-refractivity contribution in [1.82, 2.24) is 9.78 Å². The van der Waals surface area contributed by atoms with Crippen LogP contribution in [0.5, 0.6) is 0 Å². The highest BCUT2D eigenvalue weighted by molar-refractivity contribution is 5.98. The number of amides is 1. The molecule has 5 nitrogen and oxygen atoms in total. The number of nitrogens with two attached hydrogens (primary N) is 1. The van der Waals surface area contributed by atoms with Gasteiger partial charge in [0.25, 0.3) is 0 Å². The second-order valence-electron chi connectivity index (χ2n) is 4.83. The Morgan fingerprint density at radius 1 is 1.59 bits per heavy atom. The zero-order valence-electron chi connectivity index (χ0n) is 10.5. The van der Waals surface area contributed by atoms with E-state index in [9.17, 15) is 4.79 Å². The number of hydrogen-bond acceptors (Lipinski definition) is 3. The first-order valence-corrected chi connectivity index (χ1v) is 6.18. The Balaban J connectivity index is 2.12. The van der Waals surface area contributed by atoms with Crippen molar-refractivity contribution in [3.63, 3.8) is 0 Å². The smallest absolute Gasteiger partial charge is 0.244 e. The molecule has 0 bridgehead atoms. The molecule has 94 valence electrons. The lowest BCUT2D eigenvalue weighted by atomic mass is 9.98. The molecule has 0 spiro atoms. The lowest BCUT2D eigenvalue weighted by molar-refractivity contribution is -0.121. The second-order valence-corrected chi connectivity index (χ2v) is 4.83. The zero-order chi connectivity index (χ0) is 12.5. The van der Waals surface area contributed by atoms with Crippen LogP contribution in [0.25, 0.3) is 0 Å². The van der Waals surface area contributed by atoms with Gasteiger partial charge >= 0.3 is 0 Å². The molecule has 1 heterocycles. The topological polar surface area (TPSA) is 72.9 Å². The number of carbonyl (C=O) groups excluding carboxylic acids is 1. The lowest BCUT2D eigenvalue weighted by Gasteiger charge is -2.21. The minimum absolute atomic E-state index is 0.0716. The molecule has 1 aliphatic rings. The third-order valence-electron chi connectivity index (χ3n) is 3.44. The zero-order valence-corrected chi connectivity index (χ0v) is 10.5. The van der Waals surface area contributed by atoms with E-state index in [1.165, 1.54) is 0 Å². The van der Waals surface area contributed by atoms with Gasteiger partial charge in [0.15, 0.2) is 0 Å². The molecule has 1 fully saturated rings. The number of nitrogens with zero attached hydrogens (tertiary/aromatic N) is 2. The van der Waals surface area contributed by atoms with Crippen molar-refractivity contribution in [1.29, 1.82) is 0 Å². The number of carbonyl (C=O) groups is 1. The molecule has 3 N–H and O–H groups in total. The maximum absolute atomic E-state index is 12.1. The highest BCUT2D eigenvalue weighted by atomic mass is 16.2. The fourth-order valence-electron chi connectivity index (χ4n) is 2.38. The van der Waals surface area contributed by atoms with Crippen molar-refractivity contribution in [2.45, 2.75) is 44.6 Å². The van der Waals surface area contributed by atoms with Gasteiger partial charge in [-0.05, 0) is 19.3 Å². The summed E-state index contributed by atoms with van der Waals surface area (Å²) in [6.07, 6.45) is 6.26. The third-order valence-corrected chi connectivity index (χ3v) is 3.44. The summed E-state index contributed by atoms with van der Waals surface area (Å²) in [6.45, 7) is 2.02. The van der Waals surface area contributed by atoms with E-state index in [0.717, 1.165) is 43.5 Å². The van der Waals surface area contributed by atoms with Crippen molar-refractivity contribution < 1.29 is 4.79 Å². The van der Waals surface area contributed by atoms with Crippen molar-refractivity contribution in [3.05, 3.63) is 11.9 Å². The van der Waals surface area contributed by atoms with E-state index in [4.69, 9.17) is 5.73 Å². The number of hydrogen-bond donors (Lipinski definition) is 2. The maximum Gasteiger partial charge on any atom is 0.244 e. The molecular weight excluding hydrogens is 216 g/mol. The van der Waals surface area contributed by atoms with E-state index in [2.05, 4.69) is 10.4 Å². The van der Waals surface area contributed by atoms with Crippen LogP contribution in [0.2, 0.25) is 0 Å². The van der Waals surface area contributed by atoms with Crippen LogP contribution in [-0.4, -0.2) is 21.2 Å². The molecule has 1 aromatic rings. The van der Waals surface area contributed by atoms with Crippen molar-refractivity contribution in [2.75, 3.05) is 5.32 Å². The van der Waals surface area contributed by atoms with Crippen LogP contribution >= 0.6 is 0 Å². The van der Waals surface area contributed by atoms with Crippen LogP contribution < -0.4 is 11.1 Å². The summed E-state index contributed by atoms with van der Waals surface area (Å²) in [6, 6.07) is 0. The van der Waals surface area contributed by atoms with Crippen LogP contribution in [-0.2, 0) is 18.3 Å². The minimum atomic E-state index is -0.680. The first-order valence-electron chi connectivity index (χ1n) is 6.18. The molecule has 0 aromatic carbocycles. The standard InChI is InChI=1S/C12H20N4O/c1-3-9-10(8-16(2)15-9)14-11(17)12(13)6-4-5-7-12/h8H,3-7,13H2,1-2H3,(H,14,17). The molecule has 2 rings (SSSR count). The van der Waals surface area contributed by atoms with Gasteiger partial charge in [0.2, 0.25) is 5.91 Å². The van der Waals surface area contributed by atoms with Gasteiger partial charge in [-0.3, -0.25) is 9.48 Å². The minimum Gasteiger partial charge on any atom is -0.322 e. The lowest BCUT2D eigenvalue weighted by Crippen LogP contribution is -2.48. The quantitative estimate of drug-likeness (QED) is 0.828. The van der Waals surface area contributed by atoms with Crippen LogP contribution in [0.1, 0.15) is 38.3 Å². The summed E-state index contributed by atoms with van der Waals surface area (Å²) in [5.74, 6) is -0.0716. The van der Waals surface area contributed by atoms with Gasteiger partial charge in [0.1, 0.15) is 0 Å². The molecular formula is C12H20N4O. The summed E-state index contributed by atoms with van der Waals surface area (Å²) in [7, 11) is 1.85. The van der Waals surface area contributed by atoms with Gasteiger partial charge in [-0.25, -0.2) is 0 Å². The van der Waals surface area contributed by atoms with E-state index >= 15 is 0 Å². The number of anilines is 1. The molecule has 0 aliphatic heterocycles. The van der Waals surface area contributed by atoms with Crippen molar-refractivity contribution in [3.8, 4) is 0 Å². The molecule has 0 saturated heterocycles. The summed E-state index contributed by atoms with van der Waals surface area (Å²) in [4.78, 5) is 12.1. The molecule has 0 unspecified atom stereocenters. The van der Waals surface area contributed by atoms with Crippen LogP contribution in [0.3, 0.4) is 0 Å². The molecule has 1 saturated carbocycles. The van der Waals surface area contributed by atoms with Crippen molar-refractivity contribution in [2.24, 2.45) is 12.8 Å². The Hall–Kier alpha value is -1.36. The highest BCUT2D eigenvalue weighted by Crippen LogP contribution is 2.28. The van der Waals surface area contributed by atoms with Gasteiger partial charge in [-0.15, -0.1) is 0 Å². The van der Waals surface area contributed by atoms with Crippen LogP contribution in [0, 0.1) is 0 Å². The highest BCUT2D eigenvalue weighted by Gasteiger charge is 2.37. The first-order chi connectivity index (χ1) is 8.05. The molecule has 17 heavy (non-hydrogen) atoms. The van der Waals surface area contributed by atoms with E-state index in [1.54, 1.807) is 4.68 Å². The fourth-order valence-corrected chi connectivity index (χ4v) is 2.38. The average Bonchev–Trinajstić information content (AvgIpc) is 2.86. The molecule has 1 aromatic heterocycles. The summed E-state index contributed by atoms with van der Waals surface area (Å²) < 4.78 is 1.71.